The first-order valence-corrected chi connectivity index (χ1v) is 5.47. The van der Waals surface area contributed by atoms with E-state index in [0.717, 1.165) is 11.1 Å². The van der Waals surface area contributed by atoms with Gasteiger partial charge in [-0.2, -0.15) is 0 Å². The SMILES string of the molecule is COc1c(Cl)ccc(C)c1CCCC(=O)O. The van der Waals surface area contributed by atoms with E-state index in [4.69, 9.17) is 21.4 Å². The molecule has 0 heterocycles. The summed E-state index contributed by atoms with van der Waals surface area (Å²) in [5.41, 5.74) is 2.07. The van der Waals surface area contributed by atoms with E-state index in [1.807, 2.05) is 13.0 Å². The van der Waals surface area contributed by atoms with Gasteiger partial charge in [-0.3, -0.25) is 4.79 Å². The monoisotopic (exact) mass is 242 g/mol. The first-order valence-electron chi connectivity index (χ1n) is 5.10. The van der Waals surface area contributed by atoms with Gasteiger partial charge in [0.25, 0.3) is 0 Å². The fraction of sp³-hybridized carbons (Fsp3) is 0.417. The molecular formula is C12H15ClO3. The maximum atomic E-state index is 10.4. The molecule has 0 fully saturated rings. The summed E-state index contributed by atoms with van der Waals surface area (Å²) < 4.78 is 5.24. The molecule has 0 amide bonds. The van der Waals surface area contributed by atoms with Crippen LogP contribution < -0.4 is 4.74 Å². The Hall–Kier alpha value is -1.22. The molecule has 1 aromatic rings. The van der Waals surface area contributed by atoms with Gasteiger partial charge in [-0.1, -0.05) is 17.7 Å². The lowest BCUT2D eigenvalue weighted by Gasteiger charge is -2.12. The van der Waals surface area contributed by atoms with E-state index in [-0.39, 0.29) is 6.42 Å². The molecule has 0 spiro atoms. The van der Waals surface area contributed by atoms with Gasteiger partial charge in [0.1, 0.15) is 5.75 Å². The predicted octanol–water partition coefficient (Wildman–Crippen LogP) is 3.06. The lowest BCUT2D eigenvalue weighted by molar-refractivity contribution is -0.137. The van der Waals surface area contributed by atoms with Crippen molar-refractivity contribution in [2.75, 3.05) is 7.11 Å². The maximum Gasteiger partial charge on any atom is 0.303 e. The molecule has 0 aliphatic rings. The van der Waals surface area contributed by atoms with Crippen LogP contribution in [-0.4, -0.2) is 18.2 Å². The largest absolute Gasteiger partial charge is 0.495 e. The molecule has 1 aromatic carbocycles. The predicted molar refractivity (Wildman–Crippen MR) is 63.3 cm³/mol. The van der Waals surface area contributed by atoms with E-state index in [1.54, 1.807) is 13.2 Å². The molecule has 0 saturated carbocycles. The standard InChI is InChI=1S/C12H15ClO3/c1-8-6-7-10(13)12(16-2)9(8)4-3-5-11(14)15/h6-7H,3-5H2,1-2H3,(H,14,15). The van der Waals surface area contributed by atoms with Gasteiger partial charge in [0.05, 0.1) is 12.1 Å². The van der Waals surface area contributed by atoms with Crippen LogP contribution in [0, 0.1) is 6.92 Å². The topological polar surface area (TPSA) is 46.5 Å². The van der Waals surface area contributed by atoms with Crippen molar-refractivity contribution >= 4 is 17.6 Å². The molecule has 0 saturated heterocycles. The second-order valence-corrected chi connectivity index (χ2v) is 4.03. The minimum atomic E-state index is -0.779. The van der Waals surface area contributed by atoms with Crippen LogP contribution in [0.1, 0.15) is 24.0 Å². The van der Waals surface area contributed by atoms with Gasteiger partial charge >= 0.3 is 5.97 Å². The number of methoxy groups -OCH3 is 1. The first kappa shape index (κ1) is 12.8. The molecule has 0 atom stereocenters. The fourth-order valence-corrected chi connectivity index (χ4v) is 1.90. The molecule has 1 rings (SSSR count). The maximum absolute atomic E-state index is 10.4. The fourth-order valence-electron chi connectivity index (χ4n) is 1.65. The van der Waals surface area contributed by atoms with Gasteiger partial charge in [-0.15, -0.1) is 0 Å². The Morgan fingerprint density at radius 3 is 2.75 bits per heavy atom. The molecule has 88 valence electrons. The van der Waals surface area contributed by atoms with Crippen molar-refractivity contribution in [1.82, 2.24) is 0 Å². The number of halogens is 1. The highest BCUT2D eigenvalue weighted by molar-refractivity contribution is 6.32. The van der Waals surface area contributed by atoms with Crippen molar-refractivity contribution in [3.63, 3.8) is 0 Å². The van der Waals surface area contributed by atoms with Gasteiger partial charge in [0.2, 0.25) is 0 Å². The highest BCUT2D eigenvalue weighted by atomic mass is 35.5. The number of aliphatic carboxylic acids is 1. The molecular weight excluding hydrogens is 228 g/mol. The summed E-state index contributed by atoms with van der Waals surface area (Å²) in [6.45, 7) is 1.97. The lowest BCUT2D eigenvalue weighted by Crippen LogP contribution is -2.00. The van der Waals surface area contributed by atoms with Gasteiger partial charge in [-0.05, 0) is 37.0 Å². The molecule has 0 bridgehead atoms. The number of hydrogen-bond acceptors (Lipinski definition) is 2. The zero-order valence-corrected chi connectivity index (χ0v) is 10.2. The Kier molecular flexibility index (Phi) is 4.62. The average Bonchev–Trinajstić information content (AvgIpc) is 2.23. The highest BCUT2D eigenvalue weighted by Gasteiger charge is 2.11. The van der Waals surface area contributed by atoms with Crippen molar-refractivity contribution in [3.8, 4) is 5.75 Å². The third-order valence-electron chi connectivity index (χ3n) is 2.47. The van der Waals surface area contributed by atoms with Gasteiger partial charge in [0.15, 0.2) is 0 Å². The summed E-state index contributed by atoms with van der Waals surface area (Å²) in [6.07, 6.45) is 1.42. The second kappa shape index (κ2) is 5.75. The molecule has 0 aliphatic heterocycles. The molecule has 0 unspecified atom stereocenters. The Labute approximate surface area is 100.0 Å². The van der Waals surface area contributed by atoms with E-state index in [1.165, 1.54) is 0 Å². The smallest absolute Gasteiger partial charge is 0.303 e. The van der Waals surface area contributed by atoms with Crippen LogP contribution in [0.15, 0.2) is 12.1 Å². The van der Waals surface area contributed by atoms with Gasteiger partial charge < -0.3 is 9.84 Å². The van der Waals surface area contributed by atoms with E-state index in [9.17, 15) is 4.79 Å². The van der Waals surface area contributed by atoms with Crippen molar-refractivity contribution in [1.29, 1.82) is 0 Å². The molecule has 0 aromatic heterocycles. The number of aryl methyl sites for hydroxylation is 1. The number of hydrogen-bond donors (Lipinski definition) is 1. The third kappa shape index (κ3) is 3.14. The molecule has 4 heteroatoms. The van der Waals surface area contributed by atoms with Crippen LogP contribution in [0.5, 0.6) is 5.75 Å². The number of rotatable bonds is 5. The summed E-state index contributed by atoms with van der Waals surface area (Å²) in [4.78, 5) is 10.4. The summed E-state index contributed by atoms with van der Waals surface area (Å²) in [6, 6.07) is 3.71. The Bertz CT molecular complexity index is 388. The van der Waals surface area contributed by atoms with Crippen LogP contribution >= 0.6 is 11.6 Å². The Morgan fingerprint density at radius 1 is 1.50 bits per heavy atom. The Morgan fingerprint density at radius 2 is 2.19 bits per heavy atom. The van der Waals surface area contributed by atoms with E-state index >= 15 is 0 Å². The molecule has 1 N–H and O–H groups in total. The van der Waals surface area contributed by atoms with Crippen LogP contribution in [0.2, 0.25) is 5.02 Å². The zero-order valence-electron chi connectivity index (χ0n) is 9.42. The molecule has 16 heavy (non-hydrogen) atoms. The van der Waals surface area contributed by atoms with Crippen LogP contribution in [0.4, 0.5) is 0 Å². The third-order valence-corrected chi connectivity index (χ3v) is 2.77. The summed E-state index contributed by atoms with van der Waals surface area (Å²) >= 11 is 6.00. The van der Waals surface area contributed by atoms with Crippen LogP contribution in [-0.2, 0) is 11.2 Å². The summed E-state index contributed by atoms with van der Waals surface area (Å²) in [5.74, 6) is -0.120. The number of ether oxygens (including phenoxy) is 1. The normalized spacial score (nSPS) is 10.2. The summed E-state index contributed by atoms with van der Waals surface area (Å²) in [7, 11) is 1.57. The van der Waals surface area contributed by atoms with Crippen molar-refractivity contribution < 1.29 is 14.6 Å². The lowest BCUT2D eigenvalue weighted by atomic mass is 10.0. The van der Waals surface area contributed by atoms with Crippen molar-refractivity contribution in [3.05, 3.63) is 28.3 Å². The minimum Gasteiger partial charge on any atom is -0.495 e. The molecule has 3 nitrogen and oxygen atoms in total. The average molecular weight is 243 g/mol. The molecule has 0 radical (unpaired) electrons. The quantitative estimate of drug-likeness (QED) is 0.863. The van der Waals surface area contributed by atoms with E-state index in [0.29, 0.717) is 23.6 Å². The minimum absolute atomic E-state index is 0.162. The van der Waals surface area contributed by atoms with Crippen LogP contribution in [0.25, 0.3) is 0 Å². The number of carbonyl (C=O) groups is 1. The number of benzene rings is 1. The molecule has 0 aliphatic carbocycles. The number of carboxylic acid groups (broad SMARTS) is 1. The summed E-state index contributed by atoms with van der Waals surface area (Å²) in [5, 5.41) is 9.15. The van der Waals surface area contributed by atoms with E-state index < -0.39 is 5.97 Å². The Balaban J connectivity index is 2.84. The van der Waals surface area contributed by atoms with Crippen molar-refractivity contribution in [2.24, 2.45) is 0 Å². The van der Waals surface area contributed by atoms with E-state index in [2.05, 4.69) is 0 Å². The highest BCUT2D eigenvalue weighted by Crippen LogP contribution is 2.31. The van der Waals surface area contributed by atoms with Crippen molar-refractivity contribution in [2.45, 2.75) is 26.2 Å². The van der Waals surface area contributed by atoms with Gasteiger partial charge in [-0.25, -0.2) is 0 Å². The first-order chi connectivity index (χ1) is 7.56. The second-order valence-electron chi connectivity index (χ2n) is 3.62. The van der Waals surface area contributed by atoms with Gasteiger partial charge in [0, 0.05) is 6.42 Å². The number of carboxylic acids is 1. The van der Waals surface area contributed by atoms with Crippen LogP contribution in [0.3, 0.4) is 0 Å². The zero-order chi connectivity index (χ0) is 12.1.